The lowest BCUT2D eigenvalue weighted by Crippen LogP contribution is -2.20. The van der Waals surface area contributed by atoms with Gasteiger partial charge in [-0.25, -0.2) is 0 Å². The number of hydrazone groups is 1. The van der Waals surface area contributed by atoms with E-state index >= 15 is 0 Å². The largest absolute Gasteiger partial charge is 0.303 e. The Morgan fingerprint density at radius 2 is 2.54 bits per heavy atom. The minimum absolute atomic E-state index is 0.282. The molecular weight excluding hydrogens is 228 g/mol. The van der Waals surface area contributed by atoms with Crippen molar-refractivity contribution < 1.29 is 0 Å². The molecule has 1 rings (SSSR count). The predicted molar refractivity (Wildman–Crippen MR) is 61.0 cm³/mol. The highest BCUT2D eigenvalue weighted by atomic mass is 79.9. The van der Waals surface area contributed by atoms with Crippen LogP contribution in [0, 0.1) is 0 Å². The third-order valence-corrected chi connectivity index (χ3v) is 2.57. The van der Waals surface area contributed by atoms with Crippen LogP contribution >= 0.6 is 15.9 Å². The summed E-state index contributed by atoms with van der Waals surface area (Å²) in [6.45, 7) is 5.77. The third-order valence-electron chi connectivity index (χ3n) is 1.88. The van der Waals surface area contributed by atoms with E-state index in [0.717, 1.165) is 16.5 Å². The van der Waals surface area contributed by atoms with Crippen LogP contribution in [-0.2, 0) is 0 Å². The highest BCUT2D eigenvalue weighted by molar-refractivity contribution is 9.11. The van der Waals surface area contributed by atoms with Crippen molar-refractivity contribution in [2.45, 2.75) is 19.4 Å². The summed E-state index contributed by atoms with van der Waals surface area (Å²) in [4.78, 5) is 0. The summed E-state index contributed by atoms with van der Waals surface area (Å²) in [5, 5.41) is 3.97. The molecule has 0 saturated heterocycles. The van der Waals surface area contributed by atoms with E-state index in [9.17, 15) is 0 Å². The predicted octanol–water partition coefficient (Wildman–Crippen LogP) is 2.75. The summed E-state index contributed by atoms with van der Waals surface area (Å²) in [6, 6.07) is 0.282. The zero-order chi connectivity index (χ0) is 9.68. The van der Waals surface area contributed by atoms with Gasteiger partial charge in [0.2, 0.25) is 0 Å². The Bertz CT molecular complexity index is 269. The topological polar surface area (TPSA) is 24.4 Å². The Morgan fingerprint density at radius 1 is 1.77 bits per heavy atom. The van der Waals surface area contributed by atoms with Gasteiger partial charge in [-0.3, -0.25) is 0 Å². The van der Waals surface area contributed by atoms with E-state index < -0.39 is 0 Å². The van der Waals surface area contributed by atoms with E-state index in [1.807, 2.05) is 25.3 Å². The molecule has 13 heavy (non-hydrogen) atoms. The van der Waals surface area contributed by atoms with Gasteiger partial charge in [0.15, 0.2) is 0 Å². The molecule has 3 heteroatoms. The van der Waals surface area contributed by atoms with Crippen LogP contribution in [0.4, 0.5) is 0 Å². The van der Waals surface area contributed by atoms with Gasteiger partial charge in [-0.2, -0.15) is 5.10 Å². The van der Waals surface area contributed by atoms with Gasteiger partial charge in [0.05, 0.1) is 6.04 Å². The number of hydrogen-bond acceptors (Lipinski definition) is 2. The summed E-state index contributed by atoms with van der Waals surface area (Å²) < 4.78 is 1.07. The number of nitrogens with one attached hydrogen (secondary N) is 1. The second-order valence-electron chi connectivity index (χ2n) is 2.75. The molecule has 0 spiro atoms. The van der Waals surface area contributed by atoms with E-state index in [-0.39, 0.29) is 6.04 Å². The van der Waals surface area contributed by atoms with Gasteiger partial charge in [0.25, 0.3) is 0 Å². The van der Waals surface area contributed by atoms with Gasteiger partial charge >= 0.3 is 0 Å². The Labute approximate surface area is 87.2 Å². The number of allylic oxidation sites excluding steroid dienone is 3. The molecule has 0 aromatic carbocycles. The summed E-state index contributed by atoms with van der Waals surface area (Å²) in [7, 11) is 0. The second-order valence-corrected chi connectivity index (χ2v) is 3.67. The molecule has 1 unspecified atom stereocenters. The number of rotatable bonds is 3. The molecule has 0 fully saturated rings. The molecule has 1 aliphatic rings. The van der Waals surface area contributed by atoms with Gasteiger partial charge in [0.1, 0.15) is 0 Å². The first-order chi connectivity index (χ1) is 6.27. The number of nitrogens with zero attached hydrogens (tertiary/aromatic N) is 1. The molecule has 0 saturated carbocycles. The first-order valence-electron chi connectivity index (χ1n) is 4.20. The van der Waals surface area contributed by atoms with Crippen molar-refractivity contribution >= 4 is 22.1 Å². The van der Waals surface area contributed by atoms with Crippen molar-refractivity contribution in [1.29, 1.82) is 0 Å². The van der Waals surface area contributed by atoms with Crippen molar-refractivity contribution in [3.8, 4) is 0 Å². The third kappa shape index (κ3) is 2.84. The molecular formula is C10H13BrN2. The average Bonchev–Trinajstić information content (AvgIpc) is 2.66. The minimum atomic E-state index is 0.282. The van der Waals surface area contributed by atoms with Crippen LogP contribution < -0.4 is 5.43 Å². The normalized spacial score (nSPS) is 23.1. The highest BCUT2D eigenvalue weighted by Gasteiger charge is 2.13. The van der Waals surface area contributed by atoms with Crippen molar-refractivity contribution in [1.82, 2.24) is 5.43 Å². The molecule has 2 nitrogen and oxygen atoms in total. The second kappa shape index (κ2) is 5.02. The number of halogens is 1. The maximum Gasteiger partial charge on any atom is 0.0739 e. The molecule has 1 atom stereocenters. The van der Waals surface area contributed by atoms with Gasteiger partial charge in [-0.1, -0.05) is 34.7 Å². The van der Waals surface area contributed by atoms with E-state index in [2.05, 4.69) is 39.1 Å². The van der Waals surface area contributed by atoms with Crippen LogP contribution in [0.3, 0.4) is 0 Å². The molecule has 0 aromatic heterocycles. The Kier molecular flexibility index (Phi) is 3.96. The van der Waals surface area contributed by atoms with Crippen LogP contribution in [0.25, 0.3) is 0 Å². The summed E-state index contributed by atoms with van der Waals surface area (Å²) >= 11 is 3.43. The first kappa shape index (κ1) is 10.3. The van der Waals surface area contributed by atoms with E-state index in [0.29, 0.717) is 0 Å². The van der Waals surface area contributed by atoms with Crippen molar-refractivity contribution in [2.75, 3.05) is 0 Å². The van der Waals surface area contributed by atoms with Gasteiger partial charge in [-0.15, -0.1) is 0 Å². The SMILES string of the molecule is C=C/C(=C\C(Br)=C/C)C1CC=NN1. The molecule has 0 aliphatic carbocycles. The summed E-state index contributed by atoms with van der Waals surface area (Å²) in [6.07, 6.45) is 8.73. The summed E-state index contributed by atoms with van der Waals surface area (Å²) in [5.41, 5.74) is 4.17. The Hall–Kier alpha value is -0.830. The monoisotopic (exact) mass is 240 g/mol. The molecule has 0 aromatic rings. The molecule has 1 heterocycles. The van der Waals surface area contributed by atoms with Crippen molar-refractivity contribution in [2.24, 2.45) is 5.10 Å². The van der Waals surface area contributed by atoms with Crippen LogP contribution in [0.15, 0.2) is 40.0 Å². The van der Waals surface area contributed by atoms with Gasteiger partial charge < -0.3 is 5.43 Å². The number of hydrogen-bond donors (Lipinski definition) is 1. The molecule has 1 N–H and O–H groups in total. The Balaban J connectivity index is 2.72. The maximum absolute atomic E-state index is 3.97. The summed E-state index contributed by atoms with van der Waals surface area (Å²) in [5.74, 6) is 0. The van der Waals surface area contributed by atoms with Crippen molar-refractivity contribution in [3.05, 3.63) is 34.9 Å². The molecule has 0 bridgehead atoms. The zero-order valence-electron chi connectivity index (χ0n) is 7.63. The smallest absolute Gasteiger partial charge is 0.0739 e. The fraction of sp³-hybridized carbons (Fsp3) is 0.300. The lowest BCUT2D eigenvalue weighted by atomic mass is 10.1. The lowest BCUT2D eigenvalue weighted by molar-refractivity contribution is 0.671. The molecule has 0 radical (unpaired) electrons. The standard InChI is InChI=1S/C10H13BrN2/c1-3-8(7-9(11)4-2)10-5-6-12-13-10/h3-4,6-7,10,13H,1,5H2,2H3/b8-7+,9-4+. The average molecular weight is 241 g/mol. The maximum atomic E-state index is 3.97. The van der Waals surface area contributed by atoms with Gasteiger partial charge in [0, 0.05) is 17.1 Å². The van der Waals surface area contributed by atoms with Crippen LogP contribution in [0.1, 0.15) is 13.3 Å². The van der Waals surface area contributed by atoms with Crippen LogP contribution in [-0.4, -0.2) is 12.3 Å². The lowest BCUT2D eigenvalue weighted by Gasteiger charge is -2.10. The highest BCUT2D eigenvalue weighted by Crippen LogP contribution is 2.16. The van der Waals surface area contributed by atoms with Crippen LogP contribution in [0.5, 0.6) is 0 Å². The molecule has 1 aliphatic heterocycles. The van der Waals surface area contributed by atoms with Crippen LogP contribution in [0.2, 0.25) is 0 Å². The zero-order valence-corrected chi connectivity index (χ0v) is 9.21. The minimum Gasteiger partial charge on any atom is -0.303 e. The Morgan fingerprint density at radius 3 is 3.00 bits per heavy atom. The first-order valence-corrected chi connectivity index (χ1v) is 5.00. The molecule has 70 valence electrons. The fourth-order valence-corrected chi connectivity index (χ4v) is 1.37. The van der Waals surface area contributed by atoms with Crippen molar-refractivity contribution in [3.63, 3.8) is 0 Å². The van der Waals surface area contributed by atoms with Gasteiger partial charge in [-0.05, 0) is 18.6 Å². The fourth-order valence-electron chi connectivity index (χ4n) is 1.11. The quantitative estimate of drug-likeness (QED) is 0.755. The van der Waals surface area contributed by atoms with E-state index in [1.165, 1.54) is 0 Å². The van der Waals surface area contributed by atoms with E-state index in [4.69, 9.17) is 0 Å². The molecule has 0 amide bonds. The van der Waals surface area contributed by atoms with E-state index in [1.54, 1.807) is 0 Å².